The number of nitriles is 1. The number of hydrogen-bond acceptors (Lipinski definition) is 5. The summed E-state index contributed by atoms with van der Waals surface area (Å²) in [5.41, 5.74) is -1.01. The largest absolute Gasteiger partial charge is 0.444 e. The molecule has 8 heteroatoms. The predicted octanol–water partition coefficient (Wildman–Crippen LogP) is 4.61. The van der Waals surface area contributed by atoms with E-state index in [0.29, 0.717) is 0 Å². The lowest BCUT2D eigenvalue weighted by Gasteiger charge is -2.27. The number of nitrogens with zero attached hydrogens (tertiary/aromatic N) is 2. The summed E-state index contributed by atoms with van der Waals surface area (Å²) in [7, 11) is 0. The van der Waals surface area contributed by atoms with E-state index in [0.717, 1.165) is 0 Å². The average Bonchev–Trinajstić information content (AvgIpc) is 2.60. The Balaban J connectivity index is 2.54. The number of carbonyl (C=O) groups excluding carboxylic acids is 1. The molecule has 0 unspecified atom stereocenters. The van der Waals surface area contributed by atoms with Crippen molar-refractivity contribution in [3.63, 3.8) is 0 Å². The molecule has 0 saturated carbocycles. The zero-order valence-corrected chi connectivity index (χ0v) is 15.7. The van der Waals surface area contributed by atoms with Gasteiger partial charge in [0.05, 0.1) is 17.0 Å². The van der Waals surface area contributed by atoms with Crippen LogP contribution in [0.2, 0.25) is 0 Å². The number of para-hydroxylation sites is 1. The molecule has 0 fully saturated rings. The Morgan fingerprint density at radius 3 is 2.29 bits per heavy atom. The van der Waals surface area contributed by atoms with Crippen LogP contribution >= 0.6 is 0 Å². The van der Waals surface area contributed by atoms with Crippen molar-refractivity contribution in [1.29, 1.82) is 5.26 Å². The second-order valence-corrected chi connectivity index (χ2v) is 7.07. The molecule has 0 saturated heterocycles. The quantitative estimate of drug-likeness (QED) is 0.598. The number of nitro benzene ring substituents is 1. The number of nitro groups is 1. The van der Waals surface area contributed by atoms with Crippen molar-refractivity contribution in [3.05, 3.63) is 75.6 Å². The van der Waals surface area contributed by atoms with E-state index in [9.17, 15) is 24.6 Å². The summed E-state index contributed by atoms with van der Waals surface area (Å²) < 4.78 is 19.7. The number of rotatable bonds is 5. The van der Waals surface area contributed by atoms with Crippen molar-refractivity contribution >= 4 is 11.8 Å². The number of nitrogens with one attached hydrogen (secondary N) is 1. The lowest BCUT2D eigenvalue weighted by molar-refractivity contribution is -0.385. The minimum Gasteiger partial charge on any atom is -0.444 e. The number of amides is 1. The SMILES string of the molecule is CC(C)(C)OC(=O)N[C@H](c1ccccc1F)[C@H](C#N)c1ccccc1[N+](=O)[O-]. The van der Waals surface area contributed by atoms with Gasteiger partial charge in [0.25, 0.3) is 5.69 Å². The summed E-state index contributed by atoms with van der Waals surface area (Å²) in [6.45, 7) is 4.98. The lowest BCUT2D eigenvalue weighted by atomic mass is 9.87. The van der Waals surface area contributed by atoms with E-state index in [2.05, 4.69) is 5.32 Å². The Bertz CT molecular complexity index is 918. The van der Waals surface area contributed by atoms with Crippen LogP contribution in [0.5, 0.6) is 0 Å². The van der Waals surface area contributed by atoms with Crippen molar-refractivity contribution in [2.75, 3.05) is 0 Å². The molecule has 1 amide bonds. The van der Waals surface area contributed by atoms with Crippen LogP contribution in [0.3, 0.4) is 0 Å². The zero-order valence-electron chi connectivity index (χ0n) is 15.7. The van der Waals surface area contributed by atoms with Crippen LogP contribution in [-0.2, 0) is 4.74 Å². The molecule has 2 rings (SSSR count). The van der Waals surface area contributed by atoms with Crippen LogP contribution in [0.4, 0.5) is 14.9 Å². The number of benzene rings is 2. The Hall–Kier alpha value is -3.47. The molecule has 0 aromatic heterocycles. The summed E-state index contributed by atoms with van der Waals surface area (Å²) in [6, 6.07) is 12.1. The Labute approximate surface area is 161 Å². The minimum atomic E-state index is -1.22. The Kier molecular flexibility index (Phi) is 6.31. The minimum absolute atomic E-state index is 0.0260. The molecule has 0 aliphatic heterocycles. The Morgan fingerprint density at radius 1 is 1.18 bits per heavy atom. The van der Waals surface area contributed by atoms with Crippen LogP contribution in [-0.4, -0.2) is 16.6 Å². The predicted molar refractivity (Wildman–Crippen MR) is 100.0 cm³/mol. The highest BCUT2D eigenvalue weighted by atomic mass is 19.1. The first kappa shape index (κ1) is 20.8. The fourth-order valence-electron chi connectivity index (χ4n) is 2.74. The maximum Gasteiger partial charge on any atom is 0.408 e. The van der Waals surface area contributed by atoms with Crippen LogP contribution in [0.25, 0.3) is 0 Å². The van der Waals surface area contributed by atoms with Gasteiger partial charge in [0, 0.05) is 17.2 Å². The fourth-order valence-corrected chi connectivity index (χ4v) is 2.74. The van der Waals surface area contributed by atoms with Gasteiger partial charge >= 0.3 is 6.09 Å². The first-order valence-electron chi connectivity index (χ1n) is 8.51. The molecule has 0 radical (unpaired) electrons. The van der Waals surface area contributed by atoms with Gasteiger partial charge in [0.2, 0.25) is 0 Å². The fraction of sp³-hybridized carbons (Fsp3) is 0.300. The number of alkyl carbamates (subject to hydrolysis) is 1. The number of halogens is 1. The van der Waals surface area contributed by atoms with Gasteiger partial charge in [0.1, 0.15) is 17.3 Å². The molecule has 28 heavy (non-hydrogen) atoms. The molecular weight excluding hydrogens is 365 g/mol. The molecule has 1 N–H and O–H groups in total. The molecule has 0 heterocycles. The molecule has 2 aromatic carbocycles. The van der Waals surface area contributed by atoms with E-state index in [1.165, 1.54) is 36.4 Å². The summed E-state index contributed by atoms with van der Waals surface area (Å²) in [5, 5.41) is 23.7. The average molecular weight is 385 g/mol. The molecule has 2 aromatic rings. The van der Waals surface area contributed by atoms with Gasteiger partial charge in [-0.2, -0.15) is 5.26 Å². The molecule has 0 spiro atoms. The second kappa shape index (κ2) is 8.48. The van der Waals surface area contributed by atoms with E-state index >= 15 is 0 Å². The molecule has 0 aliphatic carbocycles. The molecule has 0 aliphatic rings. The molecule has 146 valence electrons. The van der Waals surface area contributed by atoms with Crippen LogP contribution in [0.1, 0.15) is 43.9 Å². The topological polar surface area (TPSA) is 105 Å². The maximum atomic E-state index is 14.5. The van der Waals surface area contributed by atoms with Crippen molar-refractivity contribution in [2.45, 2.75) is 38.3 Å². The van der Waals surface area contributed by atoms with Crippen LogP contribution < -0.4 is 5.32 Å². The number of ether oxygens (including phenoxy) is 1. The van der Waals surface area contributed by atoms with Gasteiger partial charge in [-0.05, 0) is 26.8 Å². The van der Waals surface area contributed by atoms with Crippen LogP contribution in [0.15, 0.2) is 48.5 Å². The van der Waals surface area contributed by atoms with E-state index in [1.807, 2.05) is 6.07 Å². The summed E-state index contributed by atoms with van der Waals surface area (Å²) >= 11 is 0. The van der Waals surface area contributed by atoms with Gasteiger partial charge in [-0.1, -0.05) is 36.4 Å². The molecule has 0 bridgehead atoms. The van der Waals surface area contributed by atoms with E-state index in [-0.39, 0.29) is 16.8 Å². The third-order valence-electron chi connectivity index (χ3n) is 3.85. The monoisotopic (exact) mass is 385 g/mol. The smallest absolute Gasteiger partial charge is 0.408 e. The van der Waals surface area contributed by atoms with Crippen molar-refractivity contribution in [2.24, 2.45) is 0 Å². The summed E-state index contributed by atoms with van der Waals surface area (Å²) in [4.78, 5) is 23.1. The first-order chi connectivity index (χ1) is 13.1. The third-order valence-corrected chi connectivity index (χ3v) is 3.85. The number of carbonyl (C=O) groups is 1. The van der Waals surface area contributed by atoms with E-state index in [4.69, 9.17) is 4.74 Å². The molecule has 2 atom stereocenters. The maximum absolute atomic E-state index is 14.5. The van der Waals surface area contributed by atoms with Crippen molar-refractivity contribution in [1.82, 2.24) is 5.32 Å². The normalized spacial score (nSPS) is 13.1. The van der Waals surface area contributed by atoms with E-state index in [1.54, 1.807) is 32.9 Å². The summed E-state index contributed by atoms with van der Waals surface area (Å²) in [5.74, 6) is -1.87. The van der Waals surface area contributed by atoms with Crippen molar-refractivity contribution in [3.8, 4) is 6.07 Å². The van der Waals surface area contributed by atoms with Gasteiger partial charge < -0.3 is 10.1 Å². The zero-order chi connectivity index (χ0) is 20.9. The first-order valence-corrected chi connectivity index (χ1v) is 8.51. The third kappa shape index (κ3) is 5.04. The number of hydrogen-bond donors (Lipinski definition) is 1. The lowest BCUT2D eigenvalue weighted by Crippen LogP contribution is -2.37. The molecular formula is C20H20FN3O4. The highest BCUT2D eigenvalue weighted by Gasteiger charge is 2.34. The van der Waals surface area contributed by atoms with Crippen molar-refractivity contribution < 1.29 is 18.8 Å². The highest BCUT2D eigenvalue weighted by molar-refractivity contribution is 5.69. The van der Waals surface area contributed by atoms with Crippen LogP contribution in [0, 0.1) is 27.3 Å². The standard InChI is InChI=1S/C20H20FN3O4/c1-20(2,3)28-19(25)23-18(14-9-4-6-10-16(14)21)15(12-22)13-8-5-7-11-17(13)24(26)27/h4-11,15,18H,1-3H3,(H,23,25)/t15-,18-/m1/s1. The Morgan fingerprint density at radius 2 is 1.75 bits per heavy atom. The van der Waals surface area contributed by atoms with Gasteiger partial charge in [-0.3, -0.25) is 10.1 Å². The van der Waals surface area contributed by atoms with Gasteiger partial charge in [-0.25, -0.2) is 9.18 Å². The van der Waals surface area contributed by atoms with E-state index < -0.39 is 34.4 Å². The van der Waals surface area contributed by atoms with Gasteiger partial charge in [0.15, 0.2) is 0 Å². The molecule has 7 nitrogen and oxygen atoms in total. The second-order valence-electron chi connectivity index (χ2n) is 7.07. The summed E-state index contributed by atoms with van der Waals surface area (Å²) in [6.07, 6.45) is -0.861. The highest BCUT2D eigenvalue weighted by Crippen LogP contribution is 2.36. The van der Waals surface area contributed by atoms with Gasteiger partial charge in [-0.15, -0.1) is 0 Å².